The largest absolute Gasteiger partial charge is 0.465 e. The van der Waals surface area contributed by atoms with Crippen molar-refractivity contribution in [2.45, 2.75) is 26.2 Å². The maximum Gasteiger partial charge on any atom is 0.262 e. The summed E-state index contributed by atoms with van der Waals surface area (Å²) in [6.45, 7) is 1.88. The van der Waals surface area contributed by atoms with E-state index in [0.29, 0.717) is 5.69 Å². The monoisotopic (exact) mass is 355 g/mol. The molecule has 1 N–H and O–H groups in total. The van der Waals surface area contributed by atoms with E-state index in [0.717, 1.165) is 54.0 Å². The predicted octanol–water partition coefficient (Wildman–Crippen LogP) is 4.06. The van der Waals surface area contributed by atoms with Gasteiger partial charge in [-0.15, -0.1) is 0 Å². The number of fused-ring (bicyclic) bond motifs is 1. The maximum atomic E-state index is 13.7. The van der Waals surface area contributed by atoms with Crippen molar-refractivity contribution in [1.29, 1.82) is 0 Å². The predicted molar refractivity (Wildman–Crippen MR) is 90.8 cm³/mol. The average molecular weight is 355 g/mol. The number of nitrogens with zero attached hydrogens (tertiary/aromatic N) is 2. The van der Waals surface area contributed by atoms with Gasteiger partial charge in [0.1, 0.15) is 28.7 Å². The zero-order chi connectivity index (χ0) is 18.3. The van der Waals surface area contributed by atoms with Crippen molar-refractivity contribution < 1.29 is 18.0 Å². The van der Waals surface area contributed by atoms with Gasteiger partial charge in [0, 0.05) is 17.5 Å². The third kappa shape index (κ3) is 2.75. The van der Waals surface area contributed by atoms with Gasteiger partial charge in [0.05, 0.1) is 18.1 Å². The van der Waals surface area contributed by atoms with Gasteiger partial charge in [0.15, 0.2) is 5.82 Å². The Labute approximate surface area is 148 Å². The Morgan fingerprint density at radius 2 is 1.92 bits per heavy atom. The number of aryl methyl sites for hydroxylation is 2. The fourth-order valence-electron chi connectivity index (χ4n) is 3.29. The van der Waals surface area contributed by atoms with Gasteiger partial charge in [-0.25, -0.2) is 13.8 Å². The number of benzene rings is 1. The van der Waals surface area contributed by atoms with Crippen LogP contribution >= 0.6 is 0 Å². The van der Waals surface area contributed by atoms with E-state index in [-0.39, 0.29) is 5.82 Å². The highest BCUT2D eigenvalue weighted by molar-refractivity contribution is 6.04. The van der Waals surface area contributed by atoms with Crippen molar-refractivity contribution in [2.75, 3.05) is 5.32 Å². The van der Waals surface area contributed by atoms with Crippen LogP contribution in [-0.4, -0.2) is 15.9 Å². The lowest BCUT2D eigenvalue weighted by molar-refractivity contribution is 0.101. The molecule has 0 fully saturated rings. The summed E-state index contributed by atoms with van der Waals surface area (Å²) >= 11 is 0. The minimum Gasteiger partial charge on any atom is -0.465 e. The normalized spacial score (nSPS) is 12.9. The van der Waals surface area contributed by atoms with E-state index >= 15 is 0 Å². The molecule has 0 atom stereocenters. The minimum absolute atomic E-state index is 0.110. The second-order valence-corrected chi connectivity index (χ2v) is 6.13. The summed E-state index contributed by atoms with van der Waals surface area (Å²) in [5.74, 6) is -0.892. The summed E-state index contributed by atoms with van der Waals surface area (Å²) in [6, 6.07) is 3.24. The molecular weight excluding hydrogens is 340 g/mol. The number of hydrogen-bond donors (Lipinski definition) is 1. The number of carbonyl (C=O) groups excluding carboxylic acids is 1. The molecule has 0 unspecified atom stereocenters. The molecule has 0 radical (unpaired) electrons. The highest BCUT2D eigenvalue weighted by atomic mass is 19.1. The zero-order valence-corrected chi connectivity index (χ0v) is 14.0. The molecule has 132 valence electrons. The number of rotatable bonds is 3. The van der Waals surface area contributed by atoms with E-state index in [1.165, 1.54) is 18.5 Å². The topological polar surface area (TPSA) is 68.0 Å². The van der Waals surface area contributed by atoms with Gasteiger partial charge in [-0.3, -0.25) is 9.78 Å². The van der Waals surface area contributed by atoms with Crippen molar-refractivity contribution in [3.63, 3.8) is 0 Å². The van der Waals surface area contributed by atoms with E-state index in [1.807, 2.05) is 6.92 Å². The molecule has 0 saturated heterocycles. The molecule has 1 aliphatic carbocycles. The first-order valence-electron chi connectivity index (χ1n) is 8.23. The molecule has 0 aliphatic heterocycles. The second kappa shape index (κ2) is 6.33. The molecule has 3 aromatic rings. The molecule has 1 aromatic carbocycles. The van der Waals surface area contributed by atoms with Crippen LogP contribution in [0.2, 0.25) is 0 Å². The third-order valence-electron chi connectivity index (χ3n) is 4.44. The molecule has 2 aromatic heterocycles. The van der Waals surface area contributed by atoms with Crippen LogP contribution in [-0.2, 0) is 12.8 Å². The first kappa shape index (κ1) is 16.4. The Morgan fingerprint density at radius 3 is 2.62 bits per heavy atom. The maximum absolute atomic E-state index is 13.7. The van der Waals surface area contributed by atoms with Crippen LogP contribution in [0.1, 0.15) is 33.9 Å². The molecule has 1 aliphatic rings. The summed E-state index contributed by atoms with van der Waals surface area (Å²) in [4.78, 5) is 20.6. The summed E-state index contributed by atoms with van der Waals surface area (Å²) in [5.41, 5.74) is 2.08. The van der Waals surface area contributed by atoms with E-state index < -0.39 is 23.1 Å². The van der Waals surface area contributed by atoms with Gasteiger partial charge in [0.2, 0.25) is 0 Å². The second-order valence-electron chi connectivity index (χ2n) is 6.13. The lowest BCUT2D eigenvalue weighted by Gasteiger charge is -2.07. The lowest BCUT2D eigenvalue weighted by atomic mass is 10.1. The SMILES string of the molecule is Cc1oc2c(c1-c1cnc(NC(=O)c3c(F)cccc3F)cn1)CCC2. The van der Waals surface area contributed by atoms with Crippen molar-refractivity contribution in [3.05, 3.63) is 64.9 Å². The van der Waals surface area contributed by atoms with Gasteiger partial charge in [-0.1, -0.05) is 6.07 Å². The quantitative estimate of drug-likeness (QED) is 0.769. The summed E-state index contributed by atoms with van der Waals surface area (Å²) < 4.78 is 33.1. The number of amides is 1. The Morgan fingerprint density at radius 1 is 1.15 bits per heavy atom. The third-order valence-corrected chi connectivity index (χ3v) is 4.44. The Bertz CT molecular complexity index is 977. The average Bonchev–Trinajstić information content (AvgIpc) is 3.15. The van der Waals surface area contributed by atoms with Gasteiger partial charge in [-0.2, -0.15) is 0 Å². The van der Waals surface area contributed by atoms with Gasteiger partial charge in [-0.05, 0) is 31.9 Å². The van der Waals surface area contributed by atoms with Crippen LogP contribution < -0.4 is 5.32 Å². The molecule has 1 amide bonds. The molecule has 5 nitrogen and oxygen atoms in total. The van der Waals surface area contributed by atoms with Gasteiger partial charge < -0.3 is 9.73 Å². The lowest BCUT2D eigenvalue weighted by Crippen LogP contribution is -2.16. The number of hydrogen-bond acceptors (Lipinski definition) is 4. The molecule has 0 bridgehead atoms. The smallest absolute Gasteiger partial charge is 0.262 e. The fraction of sp³-hybridized carbons (Fsp3) is 0.211. The number of nitrogens with one attached hydrogen (secondary N) is 1. The molecular formula is C19H15F2N3O2. The number of carbonyl (C=O) groups is 1. The standard InChI is InChI=1S/C19H15F2N3O2/c1-10-17(11-4-2-7-15(11)26-10)14-8-23-16(9-22-14)24-19(25)18-12(20)5-3-6-13(18)21/h3,5-6,8-9H,2,4,7H2,1H3,(H,23,24,25). The fourth-order valence-corrected chi connectivity index (χ4v) is 3.29. The van der Waals surface area contributed by atoms with Crippen LogP contribution in [0, 0.1) is 18.6 Å². The first-order chi connectivity index (χ1) is 12.5. The van der Waals surface area contributed by atoms with Crippen LogP contribution in [0.5, 0.6) is 0 Å². The first-order valence-corrected chi connectivity index (χ1v) is 8.23. The van der Waals surface area contributed by atoms with Crippen LogP contribution in [0.25, 0.3) is 11.3 Å². The van der Waals surface area contributed by atoms with Crippen molar-refractivity contribution in [3.8, 4) is 11.3 Å². The molecule has 7 heteroatoms. The Balaban J connectivity index is 1.58. The minimum atomic E-state index is -0.934. The summed E-state index contributed by atoms with van der Waals surface area (Å²) in [5, 5.41) is 2.36. The van der Waals surface area contributed by atoms with Crippen molar-refractivity contribution in [1.82, 2.24) is 9.97 Å². The zero-order valence-electron chi connectivity index (χ0n) is 14.0. The van der Waals surface area contributed by atoms with Crippen LogP contribution in [0.4, 0.5) is 14.6 Å². The van der Waals surface area contributed by atoms with E-state index in [4.69, 9.17) is 4.42 Å². The molecule has 2 heterocycles. The van der Waals surface area contributed by atoms with E-state index in [9.17, 15) is 13.6 Å². The summed E-state index contributed by atoms with van der Waals surface area (Å²) in [7, 11) is 0. The molecule has 4 rings (SSSR count). The number of aromatic nitrogens is 2. The van der Waals surface area contributed by atoms with Gasteiger partial charge >= 0.3 is 0 Å². The molecule has 26 heavy (non-hydrogen) atoms. The van der Waals surface area contributed by atoms with E-state index in [1.54, 1.807) is 0 Å². The van der Waals surface area contributed by atoms with Crippen LogP contribution in [0.15, 0.2) is 35.0 Å². The highest BCUT2D eigenvalue weighted by Crippen LogP contribution is 2.36. The summed E-state index contributed by atoms with van der Waals surface area (Å²) in [6.07, 6.45) is 5.79. The number of anilines is 1. The van der Waals surface area contributed by atoms with Crippen molar-refractivity contribution in [2.24, 2.45) is 0 Å². The highest BCUT2D eigenvalue weighted by Gasteiger charge is 2.24. The number of halogens is 2. The molecule has 0 saturated carbocycles. The number of furan rings is 1. The van der Waals surface area contributed by atoms with Gasteiger partial charge in [0.25, 0.3) is 5.91 Å². The van der Waals surface area contributed by atoms with E-state index in [2.05, 4.69) is 15.3 Å². The van der Waals surface area contributed by atoms with Crippen molar-refractivity contribution >= 4 is 11.7 Å². The Hall–Kier alpha value is -3.09. The molecule has 0 spiro atoms. The van der Waals surface area contributed by atoms with Crippen LogP contribution in [0.3, 0.4) is 0 Å². The Kier molecular flexibility index (Phi) is 3.99.